The topological polar surface area (TPSA) is 67.9 Å². The Morgan fingerprint density at radius 2 is 1.82 bits per heavy atom. The van der Waals surface area contributed by atoms with Gasteiger partial charge in [0.2, 0.25) is 5.91 Å². The fourth-order valence-corrected chi connectivity index (χ4v) is 3.21. The zero-order chi connectivity index (χ0) is 16.5. The van der Waals surface area contributed by atoms with E-state index in [2.05, 4.69) is 6.07 Å². The van der Waals surface area contributed by atoms with Gasteiger partial charge in [0.05, 0.1) is 12.1 Å². The summed E-state index contributed by atoms with van der Waals surface area (Å²) in [6, 6.07) is 8.20. The van der Waals surface area contributed by atoms with Gasteiger partial charge < -0.3 is 4.90 Å². The maximum atomic E-state index is 12.8. The van der Waals surface area contributed by atoms with Crippen LogP contribution >= 0.6 is 0 Å². The molecule has 1 saturated heterocycles. The Labute approximate surface area is 131 Å². The predicted octanol–water partition coefficient (Wildman–Crippen LogP) is 3.33. The van der Waals surface area contributed by atoms with Crippen molar-refractivity contribution in [2.45, 2.75) is 34.1 Å². The maximum absolute atomic E-state index is 12.8. The first kappa shape index (κ1) is 15.8. The molecule has 4 nitrogen and oxygen atoms in total. The fraction of sp³-hybridized carbons (Fsp3) is 0.389. The summed E-state index contributed by atoms with van der Waals surface area (Å²) in [6.07, 6.45) is 1.77. The average molecular weight is 293 g/mol. The minimum atomic E-state index is -1.12. The fourth-order valence-electron chi connectivity index (χ4n) is 3.21. The zero-order valence-corrected chi connectivity index (χ0v) is 13.4. The van der Waals surface area contributed by atoms with Crippen molar-refractivity contribution in [1.82, 2.24) is 0 Å². The van der Waals surface area contributed by atoms with Crippen molar-refractivity contribution in [3.05, 3.63) is 40.5 Å². The smallest absolute Gasteiger partial charge is 0.247 e. The number of carbonyl (C=O) groups is 1. The molecule has 22 heavy (non-hydrogen) atoms. The molecule has 0 N–H and O–H groups in total. The molecule has 1 aromatic carbocycles. The maximum Gasteiger partial charge on any atom is 0.247 e. The van der Waals surface area contributed by atoms with Gasteiger partial charge in [-0.05, 0) is 50.8 Å². The molecule has 0 saturated carbocycles. The normalized spacial score (nSPS) is 23.3. The number of benzene rings is 1. The largest absolute Gasteiger partial charge is 0.306 e. The van der Waals surface area contributed by atoms with E-state index in [0.717, 1.165) is 28.0 Å². The Kier molecular flexibility index (Phi) is 4.06. The first-order valence-corrected chi connectivity index (χ1v) is 7.21. The third kappa shape index (κ3) is 2.61. The van der Waals surface area contributed by atoms with Crippen LogP contribution in [0.2, 0.25) is 0 Å². The number of hydrogen-bond donors (Lipinski definition) is 0. The second-order valence-corrected chi connectivity index (χ2v) is 6.19. The summed E-state index contributed by atoms with van der Waals surface area (Å²) in [4.78, 5) is 14.5. The summed E-state index contributed by atoms with van der Waals surface area (Å²) in [7, 11) is 0. The summed E-state index contributed by atoms with van der Waals surface area (Å²) in [5.41, 5.74) is 3.68. The van der Waals surface area contributed by atoms with Crippen LogP contribution in [-0.2, 0) is 4.79 Å². The van der Waals surface area contributed by atoms with Crippen LogP contribution < -0.4 is 4.90 Å². The minimum absolute atomic E-state index is 0.194. The Bertz CT molecular complexity index is 726. The van der Waals surface area contributed by atoms with Crippen LogP contribution in [0.5, 0.6) is 0 Å². The van der Waals surface area contributed by atoms with E-state index in [0.29, 0.717) is 13.0 Å². The van der Waals surface area contributed by atoms with Crippen molar-refractivity contribution in [2.24, 2.45) is 5.41 Å². The number of anilines is 1. The van der Waals surface area contributed by atoms with Crippen molar-refractivity contribution < 1.29 is 4.79 Å². The van der Waals surface area contributed by atoms with Crippen LogP contribution in [0.4, 0.5) is 5.69 Å². The van der Waals surface area contributed by atoms with Crippen molar-refractivity contribution in [1.29, 1.82) is 10.5 Å². The number of allylic oxidation sites excluding steroid dienone is 1. The zero-order valence-electron chi connectivity index (χ0n) is 13.4. The number of piperidine rings is 1. The lowest BCUT2D eigenvalue weighted by Gasteiger charge is -2.38. The molecule has 0 aliphatic carbocycles. The van der Waals surface area contributed by atoms with Crippen LogP contribution in [0.15, 0.2) is 23.8 Å². The lowest BCUT2D eigenvalue weighted by molar-refractivity contribution is -0.125. The highest BCUT2D eigenvalue weighted by atomic mass is 16.2. The van der Waals surface area contributed by atoms with Gasteiger partial charge in [0.15, 0.2) is 0 Å². The van der Waals surface area contributed by atoms with Gasteiger partial charge in [0, 0.05) is 18.3 Å². The molecule has 1 unspecified atom stereocenters. The van der Waals surface area contributed by atoms with Gasteiger partial charge in [-0.2, -0.15) is 10.5 Å². The van der Waals surface area contributed by atoms with E-state index in [1.807, 2.05) is 39.0 Å². The molecule has 0 radical (unpaired) electrons. The summed E-state index contributed by atoms with van der Waals surface area (Å²) >= 11 is 0. The van der Waals surface area contributed by atoms with Crippen LogP contribution in [0.3, 0.4) is 0 Å². The number of amides is 1. The Morgan fingerprint density at radius 1 is 1.23 bits per heavy atom. The summed E-state index contributed by atoms with van der Waals surface area (Å²) in [6.45, 7) is 7.96. The minimum Gasteiger partial charge on any atom is -0.306 e. The molecule has 0 aromatic heterocycles. The quantitative estimate of drug-likeness (QED) is 0.746. The van der Waals surface area contributed by atoms with Crippen LogP contribution in [0, 0.1) is 48.8 Å². The Morgan fingerprint density at radius 3 is 2.32 bits per heavy atom. The molecular formula is C18H19N3O. The Hall–Kier alpha value is -2.59. The van der Waals surface area contributed by atoms with Crippen LogP contribution in [0.1, 0.15) is 30.0 Å². The second kappa shape index (κ2) is 5.66. The molecule has 1 heterocycles. The number of hydrogen-bond acceptors (Lipinski definition) is 3. The number of nitrogens with zero attached hydrogens (tertiary/aromatic N) is 3. The highest BCUT2D eigenvalue weighted by Crippen LogP contribution is 2.38. The lowest BCUT2D eigenvalue weighted by Crippen LogP contribution is -2.48. The molecule has 0 bridgehead atoms. The van der Waals surface area contributed by atoms with Crippen molar-refractivity contribution in [3.63, 3.8) is 0 Å². The molecular weight excluding hydrogens is 274 g/mol. The van der Waals surface area contributed by atoms with E-state index in [9.17, 15) is 10.1 Å². The van der Waals surface area contributed by atoms with Gasteiger partial charge in [-0.15, -0.1) is 0 Å². The van der Waals surface area contributed by atoms with Gasteiger partial charge in [-0.3, -0.25) is 4.79 Å². The standard InChI is InChI=1S/C18H19N3O/c1-12-7-13(2)16(14(3)8-12)21-10-15(5-6-19)9-18(4,11-20)17(21)22/h5,7-8H,9-10H2,1-4H3/b15-5-. The molecule has 1 fully saturated rings. The summed E-state index contributed by atoms with van der Waals surface area (Å²) < 4.78 is 0. The summed E-state index contributed by atoms with van der Waals surface area (Å²) in [5.74, 6) is -0.194. The van der Waals surface area contributed by atoms with Gasteiger partial charge in [0.25, 0.3) is 0 Å². The number of nitriles is 2. The SMILES string of the molecule is Cc1cc(C)c(N2C/C(=C\C#N)CC(C)(C#N)C2=O)c(C)c1. The average Bonchev–Trinajstić information content (AvgIpc) is 2.43. The Balaban J connectivity index is 2.59. The first-order valence-electron chi connectivity index (χ1n) is 7.21. The van der Waals surface area contributed by atoms with E-state index in [-0.39, 0.29) is 5.91 Å². The van der Waals surface area contributed by atoms with E-state index >= 15 is 0 Å². The van der Waals surface area contributed by atoms with E-state index in [1.54, 1.807) is 11.8 Å². The molecule has 4 heteroatoms. The van der Waals surface area contributed by atoms with E-state index in [4.69, 9.17) is 5.26 Å². The monoisotopic (exact) mass is 293 g/mol. The highest BCUT2D eigenvalue weighted by Gasteiger charge is 2.43. The molecule has 0 spiro atoms. The summed E-state index contributed by atoms with van der Waals surface area (Å²) in [5, 5.41) is 18.4. The molecule has 1 atom stereocenters. The predicted molar refractivity (Wildman–Crippen MR) is 85.0 cm³/mol. The number of carbonyl (C=O) groups excluding carboxylic acids is 1. The molecule has 1 aromatic rings. The number of rotatable bonds is 1. The second-order valence-electron chi connectivity index (χ2n) is 6.19. The first-order chi connectivity index (χ1) is 10.3. The van der Waals surface area contributed by atoms with Crippen LogP contribution in [0.25, 0.3) is 0 Å². The van der Waals surface area contributed by atoms with Gasteiger partial charge in [-0.25, -0.2) is 0 Å². The van der Waals surface area contributed by atoms with Crippen LogP contribution in [-0.4, -0.2) is 12.5 Å². The molecule has 1 aliphatic heterocycles. The van der Waals surface area contributed by atoms with Crippen molar-refractivity contribution >= 4 is 11.6 Å². The van der Waals surface area contributed by atoms with Crippen molar-refractivity contribution in [3.8, 4) is 12.1 Å². The third-order valence-electron chi connectivity index (χ3n) is 4.08. The van der Waals surface area contributed by atoms with Crippen molar-refractivity contribution in [2.75, 3.05) is 11.4 Å². The highest BCUT2D eigenvalue weighted by molar-refractivity contribution is 6.02. The number of aryl methyl sites for hydroxylation is 3. The molecule has 1 amide bonds. The van der Waals surface area contributed by atoms with E-state index < -0.39 is 5.41 Å². The lowest BCUT2D eigenvalue weighted by atomic mass is 9.79. The molecule has 2 rings (SSSR count). The van der Waals surface area contributed by atoms with Gasteiger partial charge in [0.1, 0.15) is 5.41 Å². The van der Waals surface area contributed by atoms with E-state index in [1.165, 1.54) is 6.08 Å². The molecule has 1 aliphatic rings. The molecule has 112 valence electrons. The van der Waals surface area contributed by atoms with Gasteiger partial charge in [-0.1, -0.05) is 17.7 Å². The third-order valence-corrected chi connectivity index (χ3v) is 4.08. The van der Waals surface area contributed by atoms with Gasteiger partial charge >= 0.3 is 0 Å².